The zero-order chi connectivity index (χ0) is 12.6. The monoisotopic (exact) mass is 266 g/mol. The predicted molar refractivity (Wildman–Crippen MR) is 76.3 cm³/mol. The average Bonchev–Trinajstić information content (AvgIpc) is 2.74. The van der Waals surface area contributed by atoms with Crippen LogP contribution in [0.4, 0.5) is 0 Å². The molecule has 0 spiro atoms. The summed E-state index contributed by atoms with van der Waals surface area (Å²) >= 11 is 3.65. The number of thiazole rings is 1. The summed E-state index contributed by atoms with van der Waals surface area (Å²) in [6, 6.07) is 2.50. The largest absolute Gasteiger partial charge is 0.307 e. The van der Waals surface area contributed by atoms with Crippen LogP contribution in [0.15, 0.2) is 6.07 Å². The van der Waals surface area contributed by atoms with Crippen LogP contribution >= 0.6 is 22.7 Å². The number of aromatic nitrogens is 1. The van der Waals surface area contributed by atoms with Crippen molar-refractivity contribution in [2.45, 2.75) is 33.7 Å². The highest BCUT2D eigenvalue weighted by Gasteiger charge is 2.20. The molecule has 0 bridgehead atoms. The van der Waals surface area contributed by atoms with Crippen molar-refractivity contribution >= 4 is 22.7 Å². The Kier molecular flexibility index (Phi) is 3.66. The number of hydrogen-bond donors (Lipinski definition) is 1. The Labute approximate surface area is 111 Å². The Balaban J connectivity index is 2.43. The molecule has 17 heavy (non-hydrogen) atoms. The molecule has 2 rings (SSSR count). The zero-order valence-corrected chi connectivity index (χ0v) is 12.6. The number of aryl methyl sites for hydroxylation is 4. The van der Waals surface area contributed by atoms with Gasteiger partial charge < -0.3 is 5.32 Å². The van der Waals surface area contributed by atoms with E-state index < -0.39 is 0 Å². The number of rotatable bonds is 3. The van der Waals surface area contributed by atoms with Gasteiger partial charge in [-0.05, 0) is 46.4 Å². The maximum Gasteiger partial charge on any atom is 0.115 e. The molecule has 0 fully saturated rings. The maximum absolute atomic E-state index is 4.67. The van der Waals surface area contributed by atoms with Gasteiger partial charge in [0.25, 0.3) is 0 Å². The minimum absolute atomic E-state index is 0.234. The summed E-state index contributed by atoms with van der Waals surface area (Å²) in [5, 5.41) is 4.55. The standard InChI is InChI=1S/C13H18N2S2/c1-7-6-11(10(4)16-7)12(14-5)13-15-8(2)9(3)17-13/h6,12,14H,1-5H3. The summed E-state index contributed by atoms with van der Waals surface area (Å²) in [7, 11) is 2.00. The van der Waals surface area contributed by atoms with Gasteiger partial charge >= 0.3 is 0 Å². The van der Waals surface area contributed by atoms with E-state index in [1.165, 1.54) is 25.2 Å². The smallest absolute Gasteiger partial charge is 0.115 e. The molecule has 0 aliphatic carbocycles. The van der Waals surface area contributed by atoms with Gasteiger partial charge in [-0.2, -0.15) is 0 Å². The topological polar surface area (TPSA) is 24.9 Å². The summed E-state index contributed by atoms with van der Waals surface area (Å²) in [5.74, 6) is 0. The lowest BCUT2D eigenvalue weighted by molar-refractivity contribution is 0.683. The van der Waals surface area contributed by atoms with Gasteiger partial charge in [0.05, 0.1) is 11.7 Å². The molecule has 2 heterocycles. The maximum atomic E-state index is 4.67. The van der Waals surface area contributed by atoms with Crippen molar-refractivity contribution in [3.05, 3.63) is 37.0 Å². The fourth-order valence-electron chi connectivity index (χ4n) is 1.97. The van der Waals surface area contributed by atoms with Gasteiger partial charge in [0, 0.05) is 14.6 Å². The van der Waals surface area contributed by atoms with Crippen molar-refractivity contribution in [2.75, 3.05) is 7.05 Å². The van der Waals surface area contributed by atoms with Crippen molar-refractivity contribution in [1.29, 1.82) is 0 Å². The summed E-state index contributed by atoms with van der Waals surface area (Å²) in [4.78, 5) is 8.72. The molecule has 0 saturated carbocycles. The van der Waals surface area contributed by atoms with Crippen molar-refractivity contribution in [3.63, 3.8) is 0 Å². The van der Waals surface area contributed by atoms with E-state index in [9.17, 15) is 0 Å². The number of nitrogens with zero attached hydrogens (tertiary/aromatic N) is 1. The van der Waals surface area contributed by atoms with Gasteiger partial charge in [-0.1, -0.05) is 0 Å². The molecular weight excluding hydrogens is 248 g/mol. The molecule has 1 N–H and O–H groups in total. The van der Waals surface area contributed by atoms with E-state index in [4.69, 9.17) is 0 Å². The zero-order valence-electron chi connectivity index (χ0n) is 10.9. The summed E-state index contributed by atoms with van der Waals surface area (Å²) in [6.45, 7) is 8.56. The Morgan fingerprint density at radius 3 is 2.24 bits per heavy atom. The van der Waals surface area contributed by atoms with Crippen molar-refractivity contribution < 1.29 is 0 Å². The Morgan fingerprint density at radius 2 is 1.82 bits per heavy atom. The van der Waals surface area contributed by atoms with Gasteiger partial charge in [0.1, 0.15) is 5.01 Å². The third-order valence-corrected chi connectivity index (χ3v) is 5.09. The molecule has 0 aliphatic rings. The van der Waals surface area contributed by atoms with E-state index in [-0.39, 0.29) is 6.04 Å². The van der Waals surface area contributed by atoms with E-state index in [1.54, 1.807) is 11.3 Å². The van der Waals surface area contributed by atoms with Gasteiger partial charge in [-0.25, -0.2) is 4.98 Å². The molecule has 2 nitrogen and oxygen atoms in total. The number of nitrogens with one attached hydrogen (secondary N) is 1. The molecule has 2 aromatic rings. The second kappa shape index (κ2) is 4.88. The third-order valence-electron chi connectivity index (χ3n) is 2.97. The Morgan fingerprint density at radius 1 is 1.12 bits per heavy atom. The minimum atomic E-state index is 0.234. The molecule has 0 saturated heterocycles. The summed E-state index contributed by atoms with van der Waals surface area (Å²) < 4.78 is 0. The molecule has 1 atom stereocenters. The van der Waals surface area contributed by atoms with Gasteiger partial charge in [0.2, 0.25) is 0 Å². The fourth-order valence-corrected chi connectivity index (χ4v) is 3.99. The Bertz CT molecular complexity index is 506. The quantitative estimate of drug-likeness (QED) is 0.915. The van der Waals surface area contributed by atoms with E-state index in [2.05, 4.69) is 44.1 Å². The van der Waals surface area contributed by atoms with E-state index in [1.807, 2.05) is 18.4 Å². The minimum Gasteiger partial charge on any atom is -0.307 e. The third kappa shape index (κ3) is 2.44. The van der Waals surface area contributed by atoms with Crippen LogP contribution in [0, 0.1) is 27.7 Å². The molecule has 0 amide bonds. The predicted octanol–water partition coefficient (Wildman–Crippen LogP) is 3.75. The average molecular weight is 266 g/mol. The first kappa shape index (κ1) is 12.7. The molecule has 4 heteroatoms. The fraction of sp³-hybridized carbons (Fsp3) is 0.462. The van der Waals surface area contributed by atoms with Crippen LogP contribution in [0.25, 0.3) is 0 Å². The molecular formula is C13H18N2S2. The van der Waals surface area contributed by atoms with Crippen LogP contribution in [0.5, 0.6) is 0 Å². The van der Waals surface area contributed by atoms with Crippen LogP contribution in [-0.4, -0.2) is 12.0 Å². The second-order valence-corrected chi connectivity index (χ2v) is 6.98. The highest BCUT2D eigenvalue weighted by Crippen LogP contribution is 2.33. The van der Waals surface area contributed by atoms with E-state index in [0.29, 0.717) is 0 Å². The van der Waals surface area contributed by atoms with Crippen LogP contribution in [0.2, 0.25) is 0 Å². The second-order valence-electron chi connectivity index (χ2n) is 4.28. The van der Waals surface area contributed by atoms with Crippen LogP contribution in [0.3, 0.4) is 0 Å². The highest BCUT2D eigenvalue weighted by molar-refractivity contribution is 7.12. The van der Waals surface area contributed by atoms with Crippen molar-refractivity contribution in [3.8, 4) is 0 Å². The van der Waals surface area contributed by atoms with Crippen LogP contribution < -0.4 is 5.32 Å². The van der Waals surface area contributed by atoms with Crippen molar-refractivity contribution in [1.82, 2.24) is 10.3 Å². The summed E-state index contributed by atoms with van der Waals surface area (Å²) in [6.07, 6.45) is 0. The lowest BCUT2D eigenvalue weighted by Crippen LogP contribution is -2.17. The first-order valence-corrected chi connectivity index (χ1v) is 7.34. The molecule has 0 aromatic carbocycles. The molecule has 0 radical (unpaired) electrons. The normalized spacial score (nSPS) is 13.0. The van der Waals surface area contributed by atoms with Crippen LogP contribution in [0.1, 0.15) is 36.9 Å². The van der Waals surface area contributed by atoms with Gasteiger partial charge in [0.15, 0.2) is 0 Å². The van der Waals surface area contributed by atoms with E-state index in [0.717, 1.165) is 5.69 Å². The van der Waals surface area contributed by atoms with E-state index >= 15 is 0 Å². The lowest BCUT2D eigenvalue weighted by atomic mass is 10.1. The molecule has 0 aliphatic heterocycles. The molecule has 92 valence electrons. The van der Waals surface area contributed by atoms with Crippen molar-refractivity contribution in [2.24, 2.45) is 0 Å². The van der Waals surface area contributed by atoms with Crippen LogP contribution in [-0.2, 0) is 0 Å². The summed E-state index contributed by atoms with van der Waals surface area (Å²) in [5.41, 5.74) is 2.51. The van der Waals surface area contributed by atoms with Gasteiger partial charge in [-0.15, -0.1) is 22.7 Å². The SMILES string of the molecule is CNC(c1nc(C)c(C)s1)c1cc(C)sc1C. The Hall–Kier alpha value is -0.710. The first-order valence-electron chi connectivity index (χ1n) is 5.71. The first-order chi connectivity index (χ1) is 8.02. The molecule has 2 aromatic heterocycles. The molecule has 1 unspecified atom stereocenters. The number of hydrogen-bond acceptors (Lipinski definition) is 4. The highest BCUT2D eigenvalue weighted by atomic mass is 32.1. The lowest BCUT2D eigenvalue weighted by Gasteiger charge is -2.13. The number of thiophene rings is 1. The van der Waals surface area contributed by atoms with Gasteiger partial charge in [-0.3, -0.25) is 0 Å².